The predicted molar refractivity (Wildman–Crippen MR) is 104 cm³/mol. The van der Waals surface area contributed by atoms with Crippen molar-refractivity contribution in [1.29, 1.82) is 0 Å². The molecular formula is C17H18IN3O2. The zero-order chi connectivity index (χ0) is 15.4. The van der Waals surface area contributed by atoms with Crippen molar-refractivity contribution in [1.82, 2.24) is 0 Å². The molecule has 0 radical (unpaired) electrons. The van der Waals surface area contributed by atoms with E-state index in [-0.39, 0.29) is 24.0 Å². The highest BCUT2D eigenvalue weighted by atomic mass is 127. The maximum atomic E-state index is 5.90. The lowest BCUT2D eigenvalue weighted by Crippen LogP contribution is -2.22. The number of ether oxygens (including phenoxy) is 1. The highest BCUT2D eigenvalue weighted by Gasteiger charge is 2.03. The molecule has 6 heteroatoms. The minimum atomic E-state index is 0. The summed E-state index contributed by atoms with van der Waals surface area (Å²) in [7, 11) is 1.62. The molecule has 0 bridgehead atoms. The van der Waals surface area contributed by atoms with Crippen LogP contribution in [0.4, 0.5) is 5.69 Å². The van der Waals surface area contributed by atoms with Crippen molar-refractivity contribution >= 4 is 46.6 Å². The van der Waals surface area contributed by atoms with E-state index < -0.39 is 0 Å². The van der Waals surface area contributed by atoms with E-state index in [1.54, 1.807) is 7.11 Å². The Morgan fingerprint density at radius 2 is 2.00 bits per heavy atom. The summed E-state index contributed by atoms with van der Waals surface area (Å²) in [5.74, 6) is 1.86. The van der Waals surface area contributed by atoms with E-state index in [9.17, 15) is 0 Å². The standard InChI is InChI=1S/C17H17N3O2.HI/c1-21-14-7-4-6-13(10-14)20-17(18)19-11-15-9-12-5-2-3-8-16(12)22-15;/h2-10H,11H2,1H3,(H3,18,19,20);1H. The number of fused-ring (bicyclic) bond motifs is 1. The van der Waals surface area contributed by atoms with Gasteiger partial charge in [0, 0.05) is 17.1 Å². The lowest BCUT2D eigenvalue weighted by Gasteiger charge is -2.06. The molecule has 0 amide bonds. The van der Waals surface area contributed by atoms with Gasteiger partial charge < -0.3 is 20.2 Å². The number of aliphatic imine (C=N–C) groups is 1. The Bertz CT molecular complexity index is 781. The molecule has 0 aliphatic heterocycles. The first-order valence-corrected chi connectivity index (χ1v) is 6.93. The maximum Gasteiger partial charge on any atom is 0.193 e. The van der Waals surface area contributed by atoms with Gasteiger partial charge >= 0.3 is 0 Å². The molecule has 3 rings (SSSR count). The quantitative estimate of drug-likeness (QED) is 0.378. The van der Waals surface area contributed by atoms with E-state index >= 15 is 0 Å². The lowest BCUT2D eigenvalue weighted by atomic mass is 10.2. The summed E-state index contributed by atoms with van der Waals surface area (Å²) in [6.45, 7) is 0.386. The highest BCUT2D eigenvalue weighted by Crippen LogP contribution is 2.19. The monoisotopic (exact) mass is 423 g/mol. The maximum absolute atomic E-state index is 5.90. The SMILES string of the molecule is COc1cccc(NC(N)=NCc2cc3ccccc3o2)c1.I. The molecule has 0 saturated heterocycles. The number of halogens is 1. The minimum Gasteiger partial charge on any atom is -0.497 e. The number of hydrogen-bond acceptors (Lipinski definition) is 3. The van der Waals surface area contributed by atoms with Crippen LogP contribution in [0, 0.1) is 0 Å². The molecule has 0 saturated carbocycles. The lowest BCUT2D eigenvalue weighted by molar-refractivity contribution is 0.415. The summed E-state index contributed by atoms with van der Waals surface area (Å²) in [4.78, 5) is 4.29. The number of nitrogens with zero attached hydrogens (tertiary/aromatic N) is 1. The summed E-state index contributed by atoms with van der Waals surface area (Å²) in [6, 6.07) is 17.3. The first kappa shape index (κ1) is 17.1. The van der Waals surface area contributed by atoms with Gasteiger partial charge in [-0.25, -0.2) is 4.99 Å². The van der Waals surface area contributed by atoms with Gasteiger partial charge in [0.1, 0.15) is 23.6 Å². The van der Waals surface area contributed by atoms with Crippen LogP contribution in [-0.4, -0.2) is 13.1 Å². The molecule has 3 N–H and O–H groups in total. The second-order valence-electron chi connectivity index (χ2n) is 4.81. The van der Waals surface area contributed by atoms with Crippen LogP contribution in [0.25, 0.3) is 11.0 Å². The zero-order valence-electron chi connectivity index (χ0n) is 12.7. The Morgan fingerprint density at radius 3 is 2.78 bits per heavy atom. The fourth-order valence-corrected chi connectivity index (χ4v) is 2.17. The largest absolute Gasteiger partial charge is 0.497 e. The molecule has 2 aromatic carbocycles. The smallest absolute Gasteiger partial charge is 0.193 e. The van der Waals surface area contributed by atoms with Gasteiger partial charge in [-0.2, -0.15) is 0 Å². The molecule has 0 aliphatic carbocycles. The third kappa shape index (κ3) is 4.38. The number of rotatable bonds is 4. The van der Waals surface area contributed by atoms with Crippen LogP contribution in [0.2, 0.25) is 0 Å². The number of benzene rings is 2. The van der Waals surface area contributed by atoms with Crippen LogP contribution in [0.5, 0.6) is 5.75 Å². The highest BCUT2D eigenvalue weighted by molar-refractivity contribution is 14.0. The van der Waals surface area contributed by atoms with Crippen molar-refractivity contribution in [3.8, 4) is 5.75 Å². The van der Waals surface area contributed by atoms with Gasteiger partial charge in [-0.3, -0.25) is 0 Å². The van der Waals surface area contributed by atoms with Crippen LogP contribution >= 0.6 is 24.0 Å². The van der Waals surface area contributed by atoms with E-state index in [1.165, 1.54) is 0 Å². The molecule has 5 nitrogen and oxygen atoms in total. The number of furan rings is 1. The molecule has 23 heavy (non-hydrogen) atoms. The first-order valence-electron chi connectivity index (χ1n) is 6.93. The number of methoxy groups -OCH3 is 1. The summed E-state index contributed by atoms with van der Waals surface area (Å²) >= 11 is 0. The molecule has 120 valence electrons. The fourth-order valence-electron chi connectivity index (χ4n) is 2.17. The van der Waals surface area contributed by atoms with Gasteiger partial charge in [-0.15, -0.1) is 24.0 Å². The van der Waals surface area contributed by atoms with Crippen LogP contribution in [0.15, 0.2) is 64.0 Å². The minimum absolute atomic E-state index is 0. The van der Waals surface area contributed by atoms with E-state index in [2.05, 4.69) is 10.3 Å². The number of para-hydroxylation sites is 1. The van der Waals surface area contributed by atoms with Gasteiger partial charge in [-0.1, -0.05) is 24.3 Å². The zero-order valence-corrected chi connectivity index (χ0v) is 15.0. The van der Waals surface area contributed by atoms with Crippen molar-refractivity contribution in [2.24, 2.45) is 10.7 Å². The average molecular weight is 423 g/mol. The molecule has 0 spiro atoms. The molecular weight excluding hydrogens is 405 g/mol. The second-order valence-corrected chi connectivity index (χ2v) is 4.81. The molecule has 1 heterocycles. The van der Waals surface area contributed by atoms with E-state index in [0.717, 1.165) is 28.2 Å². The molecule has 0 aliphatic rings. The van der Waals surface area contributed by atoms with Gasteiger partial charge in [0.15, 0.2) is 5.96 Å². The van der Waals surface area contributed by atoms with Crippen molar-refractivity contribution in [2.75, 3.05) is 12.4 Å². The van der Waals surface area contributed by atoms with Crippen molar-refractivity contribution in [2.45, 2.75) is 6.54 Å². The fraction of sp³-hybridized carbons (Fsp3) is 0.118. The number of nitrogens with two attached hydrogens (primary N) is 1. The van der Waals surface area contributed by atoms with E-state index in [0.29, 0.717) is 12.5 Å². The molecule has 0 unspecified atom stereocenters. The van der Waals surface area contributed by atoms with Crippen molar-refractivity contribution < 1.29 is 9.15 Å². The van der Waals surface area contributed by atoms with Crippen LogP contribution in [-0.2, 0) is 6.54 Å². The van der Waals surface area contributed by atoms with Crippen LogP contribution in [0.3, 0.4) is 0 Å². The number of guanidine groups is 1. The van der Waals surface area contributed by atoms with Gasteiger partial charge in [0.05, 0.1) is 7.11 Å². The number of nitrogens with one attached hydrogen (secondary N) is 1. The van der Waals surface area contributed by atoms with Gasteiger partial charge in [0.25, 0.3) is 0 Å². The van der Waals surface area contributed by atoms with Gasteiger partial charge in [-0.05, 0) is 24.3 Å². The normalized spacial score (nSPS) is 11.1. The van der Waals surface area contributed by atoms with Crippen LogP contribution in [0.1, 0.15) is 5.76 Å². The predicted octanol–water partition coefficient (Wildman–Crippen LogP) is 3.99. The third-order valence-electron chi connectivity index (χ3n) is 3.22. The summed E-state index contributed by atoms with van der Waals surface area (Å²) < 4.78 is 10.9. The summed E-state index contributed by atoms with van der Waals surface area (Å²) in [5.41, 5.74) is 7.57. The molecule has 3 aromatic rings. The summed E-state index contributed by atoms with van der Waals surface area (Å²) in [5, 5.41) is 4.09. The van der Waals surface area contributed by atoms with Crippen molar-refractivity contribution in [3.63, 3.8) is 0 Å². The Morgan fingerprint density at radius 1 is 1.17 bits per heavy atom. The third-order valence-corrected chi connectivity index (χ3v) is 3.22. The number of anilines is 1. The Hall–Kier alpha value is -2.22. The molecule has 1 aromatic heterocycles. The molecule has 0 atom stereocenters. The van der Waals surface area contributed by atoms with E-state index in [1.807, 2.05) is 54.6 Å². The Kier molecular flexibility index (Phi) is 5.86. The van der Waals surface area contributed by atoms with Crippen LogP contribution < -0.4 is 15.8 Å². The van der Waals surface area contributed by atoms with Crippen molar-refractivity contribution in [3.05, 3.63) is 60.4 Å². The Labute approximate surface area is 151 Å². The van der Waals surface area contributed by atoms with E-state index in [4.69, 9.17) is 14.9 Å². The summed E-state index contributed by atoms with van der Waals surface area (Å²) in [6.07, 6.45) is 0. The Balaban J connectivity index is 0.00000192. The van der Waals surface area contributed by atoms with Gasteiger partial charge in [0.2, 0.25) is 0 Å². The second kappa shape index (κ2) is 7.87. The first-order chi connectivity index (χ1) is 10.7. The average Bonchev–Trinajstić information content (AvgIpc) is 2.96. The topological polar surface area (TPSA) is 72.8 Å². The number of hydrogen-bond donors (Lipinski definition) is 2. The molecule has 0 fully saturated rings.